The molecule has 4 atom stereocenters. The van der Waals surface area contributed by atoms with E-state index in [1.807, 2.05) is 0 Å². The molecule has 28 heavy (non-hydrogen) atoms. The molecule has 3 N–H and O–H groups in total. The number of hydrogen-bond donors (Lipinski definition) is 2. The van der Waals surface area contributed by atoms with E-state index < -0.39 is 37.7 Å². The van der Waals surface area contributed by atoms with E-state index >= 15 is 0 Å². The van der Waals surface area contributed by atoms with Crippen molar-refractivity contribution < 1.29 is 9.59 Å². The van der Waals surface area contributed by atoms with Crippen LogP contribution in [-0.2, 0) is 9.59 Å². The lowest BCUT2D eigenvalue weighted by Gasteiger charge is -2.34. The standard InChI is InChI=1S/C16H8Cl6N4O2/c17-9-10(18)15(20)8-7(14(9,19)16(15,21)22)11(27)26(12(8)28)4-1-2-5-6(3-4)25-13(23)24-5/h1-3,7-8H,(H3,23,24,25)/t7-,8+,14+,15-. The van der Waals surface area contributed by atoms with Gasteiger partial charge in [-0.05, 0) is 18.2 Å². The summed E-state index contributed by atoms with van der Waals surface area (Å²) in [5, 5.41) is -0.256. The van der Waals surface area contributed by atoms with Crippen LogP contribution in [0.25, 0.3) is 11.0 Å². The van der Waals surface area contributed by atoms with Crippen molar-refractivity contribution in [2.75, 3.05) is 10.6 Å². The SMILES string of the molecule is Nc1nc2ccc(N3C(=O)[C@@H]4[C@H](C3=O)[C@]3(Cl)C(Cl)=C(Cl)[C@@]4(Cl)C3(Cl)Cl)cc2[nH]1. The quantitative estimate of drug-likeness (QED) is 0.455. The molecule has 2 fully saturated rings. The highest BCUT2D eigenvalue weighted by molar-refractivity contribution is 6.67. The molecule has 1 aromatic heterocycles. The maximum atomic E-state index is 13.3. The second-order valence-corrected chi connectivity index (χ2v) is 10.2. The van der Waals surface area contributed by atoms with Gasteiger partial charge in [-0.15, -0.1) is 23.2 Å². The summed E-state index contributed by atoms with van der Waals surface area (Å²) in [6.07, 6.45) is 0. The summed E-state index contributed by atoms with van der Waals surface area (Å²) in [5.41, 5.74) is 7.08. The first-order valence-corrected chi connectivity index (χ1v) is 10.2. The van der Waals surface area contributed by atoms with Crippen molar-refractivity contribution in [3.05, 3.63) is 28.3 Å². The monoisotopic (exact) mass is 498 g/mol. The molecule has 0 unspecified atom stereocenters. The molecule has 1 aromatic carbocycles. The number of anilines is 2. The van der Waals surface area contributed by atoms with Crippen molar-refractivity contribution in [1.29, 1.82) is 0 Å². The fraction of sp³-hybridized carbons (Fsp3) is 0.312. The van der Waals surface area contributed by atoms with Crippen molar-refractivity contribution in [2.24, 2.45) is 11.8 Å². The lowest BCUT2D eigenvalue weighted by molar-refractivity contribution is -0.123. The van der Waals surface area contributed by atoms with Gasteiger partial charge in [0.05, 0.1) is 38.6 Å². The Balaban J connectivity index is 1.68. The molecule has 1 saturated carbocycles. The third-order valence-electron chi connectivity index (χ3n) is 5.65. The number of hydrogen-bond acceptors (Lipinski definition) is 4. The van der Waals surface area contributed by atoms with Crippen LogP contribution in [0.3, 0.4) is 0 Å². The minimum Gasteiger partial charge on any atom is -0.369 e. The fourth-order valence-corrected chi connectivity index (χ4v) is 7.34. The van der Waals surface area contributed by atoms with Crippen molar-refractivity contribution in [1.82, 2.24) is 9.97 Å². The topological polar surface area (TPSA) is 92.1 Å². The van der Waals surface area contributed by atoms with Gasteiger partial charge < -0.3 is 10.7 Å². The van der Waals surface area contributed by atoms with E-state index in [2.05, 4.69) is 9.97 Å². The number of allylic oxidation sites excluding steroid dienone is 2. The molecule has 5 rings (SSSR count). The smallest absolute Gasteiger partial charge is 0.240 e. The van der Waals surface area contributed by atoms with E-state index in [1.54, 1.807) is 18.2 Å². The van der Waals surface area contributed by atoms with Gasteiger partial charge in [0.1, 0.15) is 9.75 Å². The number of amides is 2. The molecular formula is C16H8Cl6N4O2. The van der Waals surface area contributed by atoms with E-state index in [0.717, 1.165) is 4.90 Å². The summed E-state index contributed by atoms with van der Waals surface area (Å²) in [5.74, 6) is -3.38. The van der Waals surface area contributed by atoms with Crippen LogP contribution >= 0.6 is 69.6 Å². The van der Waals surface area contributed by atoms with Gasteiger partial charge in [-0.2, -0.15) is 0 Å². The average molecular weight is 501 g/mol. The van der Waals surface area contributed by atoms with Gasteiger partial charge in [0.2, 0.25) is 11.8 Å². The molecule has 2 bridgehead atoms. The molecule has 2 amide bonds. The van der Waals surface area contributed by atoms with Crippen LogP contribution in [0.5, 0.6) is 0 Å². The number of nitrogens with two attached hydrogens (primary N) is 1. The Morgan fingerprint density at radius 3 is 2.07 bits per heavy atom. The molecule has 12 heteroatoms. The number of rotatable bonds is 1. The number of halogens is 6. The van der Waals surface area contributed by atoms with Crippen LogP contribution in [0.15, 0.2) is 28.3 Å². The number of H-pyrrole nitrogens is 1. The summed E-state index contributed by atoms with van der Waals surface area (Å²) in [6.45, 7) is 0. The number of alkyl halides is 4. The maximum Gasteiger partial charge on any atom is 0.240 e. The maximum absolute atomic E-state index is 13.3. The first-order chi connectivity index (χ1) is 13.0. The zero-order valence-corrected chi connectivity index (χ0v) is 18.0. The Bertz CT molecular complexity index is 1100. The predicted molar refractivity (Wildman–Crippen MR) is 110 cm³/mol. The number of carbonyl (C=O) groups is 2. The Kier molecular flexibility index (Phi) is 3.70. The van der Waals surface area contributed by atoms with Crippen LogP contribution in [0.2, 0.25) is 0 Å². The average Bonchev–Trinajstić information content (AvgIpc) is 3.19. The van der Waals surface area contributed by atoms with Crippen LogP contribution in [0, 0.1) is 11.8 Å². The first kappa shape index (κ1) is 19.1. The van der Waals surface area contributed by atoms with Gasteiger partial charge in [0, 0.05) is 0 Å². The molecule has 146 valence electrons. The van der Waals surface area contributed by atoms with Gasteiger partial charge in [-0.1, -0.05) is 46.4 Å². The number of benzene rings is 1. The Morgan fingerprint density at radius 1 is 1.00 bits per heavy atom. The van der Waals surface area contributed by atoms with Crippen molar-refractivity contribution >= 4 is 104 Å². The minimum absolute atomic E-state index is 0.128. The van der Waals surface area contributed by atoms with Crippen LogP contribution in [0.1, 0.15) is 0 Å². The van der Waals surface area contributed by atoms with Gasteiger partial charge in [-0.3, -0.25) is 9.59 Å². The van der Waals surface area contributed by atoms with Crippen molar-refractivity contribution in [3.63, 3.8) is 0 Å². The highest BCUT2D eigenvalue weighted by atomic mass is 35.5. The number of nitrogens with one attached hydrogen (secondary N) is 1. The number of fused-ring (bicyclic) bond motifs is 6. The molecule has 2 aliphatic carbocycles. The molecule has 2 heterocycles. The normalized spacial score (nSPS) is 36.1. The molecule has 1 saturated heterocycles. The predicted octanol–water partition coefficient (Wildman–Crippen LogP) is 4.10. The number of carbonyl (C=O) groups excluding carboxylic acids is 2. The second kappa shape index (κ2) is 5.42. The van der Waals surface area contributed by atoms with E-state index in [1.165, 1.54) is 0 Å². The summed E-state index contributed by atoms with van der Waals surface area (Å²) in [7, 11) is 0. The Hall–Kier alpha value is -0.890. The first-order valence-electron chi connectivity index (χ1n) is 7.92. The summed E-state index contributed by atoms with van der Waals surface area (Å²) in [6, 6.07) is 4.76. The van der Waals surface area contributed by atoms with E-state index in [4.69, 9.17) is 75.3 Å². The van der Waals surface area contributed by atoms with E-state index in [9.17, 15) is 9.59 Å². The highest BCUT2D eigenvalue weighted by Gasteiger charge is 2.87. The zero-order chi connectivity index (χ0) is 20.4. The zero-order valence-electron chi connectivity index (χ0n) is 13.4. The van der Waals surface area contributed by atoms with Crippen LogP contribution < -0.4 is 10.6 Å². The number of nitrogen functional groups attached to an aromatic ring is 1. The molecular weight excluding hydrogens is 493 g/mol. The number of imide groups is 1. The van der Waals surface area contributed by atoms with Gasteiger partial charge in [0.15, 0.2) is 10.3 Å². The largest absolute Gasteiger partial charge is 0.369 e. The molecule has 6 nitrogen and oxygen atoms in total. The second-order valence-electron chi connectivity index (χ2n) is 6.92. The summed E-state index contributed by atoms with van der Waals surface area (Å²) < 4.78 is -1.95. The van der Waals surface area contributed by atoms with Crippen molar-refractivity contribution in [3.8, 4) is 0 Å². The number of aromatic nitrogens is 2. The fourth-order valence-electron chi connectivity index (χ4n) is 4.41. The molecule has 3 aliphatic rings. The van der Waals surface area contributed by atoms with Crippen LogP contribution in [-0.4, -0.2) is 35.9 Å². The van der Waals surface area contributed by atoms with Crippen LogP contribution in [0.4, 0.5) is 11.6 Å². The Labute approximate surface area is 187 Å². The number of aromatic amines is 1. The molecule has 0 radical (unpaired) electrons. The number of nitrogens with zero attached hydrogens (tertiary/aromatic N) is 2. The lowest BCUT2D eigenvalue weighted by Crippen LogP contribution is -2.50. The number of imidazole rings is 1. The van der Waals surface area contributed by atoms with Gasteiger partial charge in [-0.25, -0.2) is 9.88 Å². The molecule has 0 spiro atoms. The Morgan fingerprint density at radius 2 is 1.54 bits per heavy atom. The van der Waals surface area contributed by atoms with E-state index in [-0.39, 0.29) is 16.0 Å². The lowest BCUT2D eigenvalue weighted by atomic mass is 9.84. The van der Waals surface area contributed by atoms with Gasteiger partial charge in [0.25, 0.3) is 0 Å². The summed E-state index contributed by atoms with van der Waals surface area (Å²) >= 11 is 38.8. The van der Waals surface area contributed by atoms with E-state index in [0.29, 0.717) is 16.7 Å². The van der Waals surface area contributed by atoms with Gasteiger partial charge >= 0.3 is 0 Å². The molecule has 2 aromatic rings. The minimum atomic E-state index is -1.95. The third-order valence-corrected chi connectivity index (χ3v) is 9.91. The summed E-state index contributed by atoms with van der Waals surface area (Å²) in [4.78, 5) is 30.8. The third kappa shape index (κ3) is 1.80. The highest BCUT2D eigenvalue weighted by Crippen LogP contribution is 2.77. The van der Waals surface area contributed by atoms with Crippen molar-refractivity contribution in [2.45, 2.75) is 14.1 Å². The molecule has 1 aliphatic heterocycles.